The third-order valence-electron chi connectivity index (χ3n) is 3.14. The van der Waals surface area contributed by atoms with Crippen LogP contribution in [0.4, 0.5) is 0 Å². The maximum atomic E-state index is 12.0. The van der Waals surface area contributed by atoms with Gasteiger partial charge < -0.3 is 5.32 Å². The molecule has 1 N–H and O–H groups in total. The Morgan fingerprint density at radius 2 is 1.83 bits per heavy atom. The number of benzene rings is 1. The lowest BCUT2D eigenvalue weighted by molar-refractivity contribution is 0.436. The predicted octanol–water partition coefficient (Wildman–Crippen LogP) is 3.13. The van der Waals surface area contributed by atoms with Gasteiger partial charge in [0.1, 0.15) is 0 Å². The van der Waals surface area contributed by atoms with E-state index in [0.29, 0.717) is 5.92 Å². The lowest BCUT2D eigenvalue weighted by atomic mass is 9.96. The minimum absolute atomic E-state index is 0.152. The van der Waals surface area contributed by atoms with Gasteiger partial charge in [0.2, 0.25) is 0 Å². The molecule has 0 fully saturated rings. The minimum atomic E-state index is -0.830. The molecule has 3 heteroatoms. The van der Waals surface area contributed by atoms with E-state index in [2.05, 4.69) is 38.2 Å². The summed E-state index contributed by atoms with van der Waals surface area (Å²) in [6.07, 6.45) is 2.90. The molecule has 3 unspecified atom stereocenters. The second kappa shape index (κ2) is 7.70. The maximum Gasteiger partial charge on any atom is 0.0562 e. The van der Waals surface area contributed by atoms with Gasteiger partial charge in [-0.25, -0.2) is 0 Å². The molecule has 2 nitrogen and oxygen atoms in total. The van der Waals surface area contributed by atoms with Crippen molar-refractivity contribution < 1.29 is 4.21 Å². The second-order valence-electron chi connectivity index (χ2n) is 5.05. The monoisotopic (exact) mass is 267 g/mol. The standard InChI is InChI=1S/C15H25NOS/c1-5-11-16-14(13-9-7-6-8-10-13)15(12(2)3)18(4)17/h6-10,12,14-16H,5,11H2,1-4H3. The molecule has 0 aromatic heterocycles. The molecule has 0 spiro atoms. The van der Waals surface area contributed by atoms with Crippen LogP contribution in [-0.2, 0) is 10.8 Å². The van der Waals surface area contributed by atoms with Crippen molar-refractivity contribution >= 4 is 10.8 Å². The fourth-order valence-electron chi connectivity index (χ4n) is 2.34. The van der Waals surface area contributed by atoms with Crippen LogP contribution in [0.5, 0.6) is 0 Å². The summed E-state index contributed by atoms with van der Waals surface area (Å²) in [6, 6.07) is 10.5. The zero-order valence-electron chi connectivity index (χ0n) is 11.8. The van der Waals surface area contributed by atoms with E-state index in [-0.39, 0.29) is 11.3 Å². The molecule has 0 saturated carbocycles. The predicted molar refractivity (Wildman–Crippen MR) is 80.2 cm³/mol. The maximum absolute atomic E-state index is 12.0. The van der Waals surface area contributed by atoms with Crippen LogP contribution in [0.25, 0.3) is 0 Å². The quantitative estimate of drug-likeness (QED) is 0.822. The second-order valence-corrected chi connectivity index (χ2v) is 6.59. The fraction of sp³-hybridized carbons (Fsp3) is 0.600. The molecule has 18 heavy (non-hydrogen) atoms. The average molecular weight is 267 g/mol. The first kappa shape index (κ1) is 15.4. The summed E-state index contributed by atoms with van der Waals surface area (Å²) in [5, 5.41) is 3.71. The van der Waals surface area contributed by atoms with E-state index < -0.39 is 10.8 Å². The Bertz CT molecular complexity index is 364. The highest BCUT2D eigenvalue weighted by atomic mass is 32.2. The summed E-state index contributed by atoms with van der Waals surface area (Å²) < 4.78 is 12.0. The van der Waals surface area contributed by atoms with Crippen molar-refractivity contribution in [2.45, 2.75) is 38.5 Å². The van der Waals surface area contributed by atoms with Crippen LogP contribution < -0.4 is 5.32 Å². The zero-order chi connectivity index (χ0) is 13.5. The van der Waals surface area contributed by atoms with Gasteiger partial charge in [-0.15, -0.1) is 0 Å². The van der Waals surface area contributed by atoms with Crippen molar-refractivity contribution in [1.82, 2.24) is 5.32 Å². The molecule has 1 rings (SSSR count). The van der Waals surface area contributed by atoms with Gasteiger partial charge in [0, 0.05) is 23.1 Å². The van der Waals surface area contributed by atoms with E-state index in [1.807, 2.05) is 24.5 Å². The number of hydrogen-bond acceptors (Lipinski definition) is 2. The fourth-order valence-corrected chi connectivity index (χ4v) is 3.75. The van der Waals surface area contributed by atoms with Gasteiger partial charge in [0.15, 0.2) is 0 Å². The summed E-state index contributed by atoms with van der Waals surface area (Å²) >= 11 is 0. The third-order valence-corrected chi connectivity index (χ3v) is 4.72. The van der Waals surface area contributed by atoms with Gasteiger partial charge in [-0.3, -0.25) is 4.21 Å². The number of nitrogens with one attached hydrogen (secondary N) is 1. The Morgan fingerprint density at radius 3 is 2.28 bits per heavy atom. The molecule has 0 amide bonds. The molecule has 0 saturated heterocycles. The van der Waals surface area contributed by atoms with Crippen molar-refractivity contribution in [1.29, 1.82) is 0 Å². The van der Waals surface area contributed by atoms with Gasteiger partial charge in [-0.2, -0.15) is 0 Å². The molecule has 1 aromatic rings. The van der Waals surface area contributed by atoms with Crippen LogP contribution in [0.3, 0.4) is 0 Å². The Balaban J connectivity index is 2.99. The summed E-state index contributed by atoms with van der Waals surface area (Å²) in [4.78, 5) is 0. The molecule has 1 aromatic carbocycles. The van der Waals surface area contributed by atoms with Gasteiger partial charge >= 0.3 is 0 Å². The van der Waals surface area contributed by atoms with Crippen LogP contribution in [0.15, 0.2) is 30.3 Å². The van der Waals surface area contributed by atoms with Gasteiger partial charge in [0.25, 0.3) is 0 Å². The minimum Gasteiger partial charge on any atom is -0.309 e. The Hall–Kier alpha value is -0.670. The summed E-state index contributed by atoms with van der Waals surface area (Å²) in [5.74, 6) is 0.394. The molecule has 0 bridgehead atoms. The van der Waals surface area contributed by atoms with E-state index in [1.54, 1.807) is 0 Å². The Morgan fingerprint density at radius 1 is 1.22 bits per heavy atom. The van der Waals surface area contributed by atoms with E-state index in [9.17, 15) is 4.21 Å². The third kappa shape index (κ3) is 4.21. The molecule has 3 atom stereocenters. The smallest absolute Gasteiger partial charge is 0.0562 e. The topological polar surface area (TPSA) is 29.1 Å². The van der Waals surface area contributed by atoms with Crippen LogP contribution >= 0.6 is 0 Å². The van der Waals surface area contributed by atoms with Crippen LogP contribution in [0, 0.1) is 5.92 Å². The van der Waals surface area contributed by atoms with Gasteiger partial charge in [-0.1, -0.05) is 51.1 Å². The molecule has 0 heterocycles. The Kier molecular flexibility index (Phi) is 6.58. The van der Waals surface area contributed by atoms with Crippen LogP contribution in [0.1, 0.15) is 38.8 Å². The first-order valence-electron chi connectivity index (χ1n) is 6.68. The zero-order valence-corrected chi connectivity index (χ0v) is 12.7. The van der Waals surface area contributed by atoms with E-state index in [0.717, 1.165) is 13.0 Å². The molecule has 0 aliphatic heterocycles. The first-order chi connectivity index (χ1) is 8.57. The van der Waals surface area contributed by atoms with Crippen LogP contribution in [-0.4, -0.2) is 22.3 Å². The van der Waals surface area contributed by atoms with Crippen LogP contribution in [0.2, 0.25) is 0 Å². The van der Waals surface area contributed by atoms with Gasteiger partial charge in [0.05, 0.1) is 5.25 Å². The summed E-state index contributed by atoms with van der Waals surface area (Å²) in [6.45, 7) is 7.41. The molecule has 0 aliphatic rings. The number of rotatable bonds is 7. The molecule has 0 aliphatic carbocycles. The molecular formula is C15H25NOS. The van der Waals surface area contributed by atoms with E-state index in [1.165, 1.54) is 5.56 Å². The normalized spacial score (nSPS) is 16.5. The summed E-state index contributed by atoms with van der Waals surface area (Å²) in [7, 11) is -0.830. The highest BCUT2D eigenvalue weighted by molar-refractivity contribution is 7.85. The number of hydrogen-bond donors (Lipinski definition) is 1. The summed E-state index contributed by atoms with van der Waals surface area (Å²) in [5.41, 5.74) is 1.24. The lowest BCUT2D eigenvalue weighted by Gasteiger charge is -2.30. The molecule has 0 radical (unpaired) electrons. The average Bonchev–Trinajstić information content (AvgIpc) is 2.34. The largest absolute Gasteiger partial charge is 0.309 e. The first-order valence-corrected chi connectivity index (χ1v) is 8.30. The van der Waals surface area contributed by atoms with Crippen molar-refractivity contribution in [3.05, 3.63) is 35.9 Å². The van der Waals surface area contributed by atoms with Crippen molar-refractivity contribution in [3.63, 3.8) is 0 Å². The van der Waals surface area contributed by atoms with Crippen molar-refractivity contribution in [3.8, 4) is 0 Å². The Labute approximate surface area is 114 Å². The van der Waals surface area contributed by atoms with Gasteiger partial charge in [-0.05, 0) is 24.4 Å². The highest BCUT2D eigenvalue weighted by Gasteiger charge is 2.28. The van der Waals surface area contributed by atoms with Crippen molar-refractivity contribution in [2.75, 3.05) is 12.8 Å². The molecule has 102 valence electrons. The SMILES string of the molecule is CCCNC(c1ccccc1)C(C(C)C)S(C)=O. The highest BCUT2D eigenvalue weighted by Crippen LogP contribution is 2.25. The van der Waals surface area contributed by atoms with E-state index >= 15 is 0 Å². The van der Waals surface area contributed by atoms with Crippen molar-refractivity contribution in [2.24, 2.45) is 5.92 Å². The molecular weight excluding hydrogens is 242 g/mol. The van der Waals surface area contributed by atoms with E-state index in [4.69, 9.17) is 0 Å². The lowest BCUT2D eigenvalue weighted by Crippen LogP contribution is -2.38.